The van der Waals surface area contributed by atoms with Crippen LogP contribution in [0.1, 0.15) is 11.4 Å². The van der Waals surface area contributed by atoms with Crippen LogP contribution >= 0.6 is 0 Å². The minimum atomic E-state index is -4.74. The van der Waals surface area contributed by atoms with Crippen LogP contribution in [-0.2, 0) is 17.3 Å². The fraction of sp³-hybridized carbons (Fsp3) is 0.214. The molecule has 0 unspecified atom stereocenters. The average Bonchev–Trinajstić information content (AvgIpc) is 2.50. The van der Waals surface area contributed by atoms with E-state index in [4.69, 9.17) is 15.9 Å². The maximum Gasteiger partial charge on any atom is 0.451 e. The maximum absolute atomic E-state index is 14.0. The molecule has 0 amide bonds. The summed E-state index contributed by atoms with van der Waals surface area (Å²) < 4.78 is 74.5. The number of nitrogens with two attached hydrogens (primary N) is 1. The minimum Gasteiger partial charge on any atom is -0.465 e. The van der Waals surface area contributed by atoms with Crippen LogP contribution in [0.25, 0.3) is 0 Å². The van der Waals surface area contributed by atoms with Gasteiger partial charge < -0.3 is 15.2 Å². The SMILES string of the molecule is N=C(N)OCCc1cc(F)c(Oc2cnc(C(F)(F)F)nc2)c(F)c1. The van der Waals surface area contributed by atoms with Gasteiger partial charge >= 0.3 is 6.18 Å². The number of hydrogen-bond donors (Lipinski definition) is 2. The van der Waals surface area contributed by atoms with E-state index in [0.29, 0.717) is 12.4 Å². The molecule has 0 aliphatic carbocycles. The first kappa shape index (κ1) is 18.4. The Kier molecular flexibility index (Phi) is 5.35. The van der Waals surface area contributed by atoms with Gasteiger partial charge in [-0.1, -0.05) is 0 Å². The van der Waals surface area contributed by atoms with Gasteiger partial charge in [-0.2, -0.15) is 13.2 Å². The lowest BCUT2D eigenvalue weighted by molar-refractivity contribution is -0.145. The molecule has 0 bridgehead atoms. The van der Waals surface area contributed by atoms with E-state index in [2.05, 4.69) is 14.7 Å². The zero-order chi connectivity index (χ0) is 18.6. The molecule has 0 atom stereocenters. The van der Waals surface area contributed by atoms with Crippen molar-refractivity contribution in [1.82, 2.24) is 9.97 Å². The van der Waals surface area contributed by atoms with E-state index >= 15 is 0 Å². The van der Waals surface area contributed by atoms with Crippen molar-refractivity contribution >= 4 is 6.02 Å². The number of alkyl halides is 3. The summed E-state index contributed by atoms with van der Waals surface area (Å²) in [4.78, 5) is 6.05. The van der Waals surface area contributed by atoms with Crippen LogP contribution in [0.4, 0.5) is 22.0 Å². The predicted octanol–water partition coefficient (Wildman–Crippen LogP) is 3.02. The normalized spacial score (nSPS) is 11.2. The first-order chi connectivity index (χ1) is 11.7. The van der Waals surface area contributed by atoms with Crippen molar-refractivity contribution in [2.45, 2.75) is 12.6 Å². The van der Waals surface area contributed by atoms with Crippen LogP contribution in [0.3, 0.4) is 0 Å². The van der Waals surface area contributed by atoms with E-state index in [-0.39, 0.29) is 24.3 Å². The van der Waals surface area contributed by atoms with Crippen molar-refractivity contribution in [3.05, 3.63) is 47.5 Å². The summed E-state index contributed by atoms with van der Waals surface area (Å²) in [7, 11) is 0. The van der Waals surface area contributed by atoms with Crippen LogP contribution in [0.5, 0.6) is 11.5 Å². The van der Waals surface area contributed by atoms with E-state index in [0.717, 1.165) is 12.1 Å². The standard InChI is InChI=1S/C14H11F5N4O2/c15-9-3-7(1-2-24-13(20)21)4-10(16)11(9)25-8-5-22-12(23-6-8)14(17,18)19/h3-6H,1-2H2,(H3,20,21). The van der Waals surface area contributed by atoms with Crippen molar-refractivity contribution in [3.8, 4) is 11.5 Å². The van der Waals surface area contributed by atoms with Crippen LogP contribution in [0.15, 0.2) is 24.5 Å². The first-order valence-corrected chi connectivity index (χ1v) is 6.68. The molecule has 1 heterocycles. The van der Waals surface area contributed by atoms with Gasteiger partial charge in [-0.15, -0.1) is 0 Å². The summed E-state index contributed by atoms with van der Waals surface area (Å²) in [5, 5.41) is 6.86. The lowest BCUT2D eigenvalue weighted by atomic mass is 10.1. The second-order valence-electron chi connectivity index (χ2n) is 4.69. The molecular weight excluding hydrogens is 351 g/mol. The summed E-state index contributed by atoms with van der Waals surface area (Å²) in [6.45, 7) is -0.0544. The van der Waals surface area contributed by atoms with E-state index in [9.17, 15) is 22.0 Å². The van der Waals surface area contributed by atoms with Gasteiger partial charge in [0.25, 0.3) is 6.02 Å². The molecule has 0 aliphatic heterocycles. The van der Waals surface area contributed by atoms with Crippen molar-refractivity contribution in [2.24, 2.45) is 5.73 Å². The lowest BCUT2D eigenvalue weighted by Crippen LogP contribution is -2.15. The Labute approximate surface area is 137 Å². The molecule has 0 aliphatic rings. The highest BCUT2D eigenvalue weighted by Gasteiger charge is 2.34. The first-order valence-electron chi connectivity index (χ1n) is 6.68. The highest BCUT2D eigenvalue weighted by molar-refractivity contribution is 5.67. The summed E-state index contributed by atoms with van der Waals surface area (Å²) in [5.74, 6) is -4.71. The highest BCUT2D eigenvalue weighted by atomic mass is 19.4. The summed E-state index contributed by atoms with van der Waals surface area (Å²) in [6.07, 6.45) is -3.34. The van der Waals surface area contributed by atoms with Gasteiger partial charge in [0.15, 0.2) is 23.1 Å². The smallest absolute Gasteiger partial charge is 0.451 e. The van der Waals surface area contributed by atoms with E-state index in [1.165, 1.54) is 0 Å². The quantitative estimate of drug-likeness (QED) is 0.484. The molecule has 2 aromatic rings. The number of hydrogen-bond acceptors (Lipinski definition) is 5. The third kappa shape index (κ3) is 4.99. The maximum atomic E-state index is 14.0. The van der Waals surface area contributed by atoms with E-state index < -0.39 is 35.4 Å². The Balaban J connectivity index is 2.13. The summed E-state index contributed by atoms with van der Waals surface area (Å²) in [6, 6.07) is 1.41. The number of nitrogens with zero attached hydrogens (tertiary/aromatic N) is 2. The number of benzene rings is 1. The molecule has 0 saturated carbocycles. The molecule has 11 heteroatoms. The third-order valence-electron chi connectivity index (χ3n) is 2.81. The van der Waals surface area contributed by atoms with Gasteiger partial charge in [0, 0.05) is 6.42 Å². The number of rotatable bonds is 5. The molecule has 25 heavy (non-hydrogen) atoms. The molecule has 0 fully saturated rings. The summed E-state index contributed by atoms with van der Waals surface area (Å²) in [5.41, 5.74) is 5.19. The van der Waals surface area contributed by atoms with Crippen molar-refractivity contribution < 1.29 is 31.4 Å². The highest BCUT2D eigenvalue weighted by Crippen LogP contribution is 2.30. The van der Waals surface area contributed by atoms with Crippen molar-refractivity contribution in [1.29, 1.82) is 5.41 Å². The van der Waals surface area contributed by atoms with Gasteiger partial charge in [-0.05, 0) is 17.7 Å². The van der Waals surface area contributed by atoms with Crippen LogP contribution in [-0.4, -0.2) is 22.6 Å². The minimum absolute atomic E-state index is 0.0544. The Morgan fingerprint density at radius 1 is 1.12 bits per heavy atom. The molecule has 3 N–H and O–H groups in total. The van der Waals surface area contributed by atoms with Crippen molar-refractivity contribution in [3.63, 3.8) is 0 Å². The van der Waals surface area contributed by atoms with E-state index in [1.54, 1.807) is 0 Å². The molecule has 0 radical (unpaired) electrons. The zero-order valence-electron chi connectivity index (χ0n) is 12.4. The molecule has 1 aromatic heterocycles. The second-order valence-corrected chi connectivity index (χ2v) is 4.69. The summed E-state index contributed by atoms with van der Waals surface area (Å²) >= 11 is 0. The Morgan fingerprint density at radius 3 is 2.16 bits per heavy atom. The van der Waals surface area contributed by atoms with Gasteiger partial charge in [-0.25, -0.2) is 18.7 Å². The molecule has 0 saturated heterocycles. The van der Waals surface area contributed by atoms with E-state index in [1.807, 2.05) is 0 Å². The Hall–Kier alpha value is -2.98. The Morgan fingerprint density at radius 2 is 1.68 bits per heavy atom. The second kappa shape index (κ2) is 7.28. The van der Waals surface area contributed by atoms with Crippen LogP contribution < -0.4 is 10.5 Å². The number of halogens is 5. The molecule has 1 aromatic carbocycles. The lowest BCUT2D eigenvalue weighted by Gasteiger charge is -2.10. The monoisotopic (exact) mass is 362 g/mol. The predicted molar refractivity (Wildman–Crippen MR) is 75.0 cm³/mol. The van der Waals surface area contributed by atoms with Crippen LogP contribution in [0, 0.1) is 17.0 Å². The molecule has 134 valence electrons. The number of aromatic nitrogens is 2. The van der Waals surface area contributed by atoms with Crippen LogP contribution in [0.2, 0.25) is 0 Å². The molecule has 6 nitrogen and oxygen atoms in total. The average molecular weight is 362 g/mol. The topological polar surface area (TPSA) is 94.1 Å². The fourth-order valence-corrected chi connectivity index (χ4v) is 1.77. The van der Waals surface area contributed by atoms with Gasteiger partial charge in [0.1, 0.15) is 0 Å². The number of nitrogens with one attached hydrogen (secondary N) is 1. The van der Waals surface area contributed by atoms with Gasteiger partial charge in [-0.3, -0.25) is 5.41 Å². The largest absolute Gasteiger partial charge is 0.465 e. The van der Waals surface area contributed by atoms with Crippen molar-refractivity contribution in [2.75, 3.05) is 6.61 Å². The number of amidine groups is 1. The van der Waals surface area contributed by atoms with Gasteiger partial charge in [0.05, 0.1) is 19.0 Å². The molecular formula is C14H11F5N4O2. The molecule has 0 spiro atoms. The molecule has 2 rings (SSSR count). The Bertz CT molecular complexity index is 742. The zero-order valence-corrected chi connectivity index (χ0v) is 12.4. The fourth-order valence-electron chi connectivity index (χ4n) is 1.77. The third-order valence-corrected chi connectivity index (χ3v) is 2.81. The number of ether oxygens (including phenoxy) is 2. The van der Waals surface area contributed by atoms with Gasteiger partial charge in [0.2, 0.25) is 5.82 Å².